The van der Waals surface area contributed by atoms with Crippen molar-refractivity contribution in [2.24, 2.45) is 5.73 Å². The Morgan fingerprint density at radius 3 is 2.94 bits per heavy atom. The molecule has 164 valence electrons. The van der Waals surface area contributed by atoms with Gasteiger partial charge >= 0.3 is 12.1 Å². The van der Waals surface area contributed by atoms with Crippen LogP contribution in [0.15, 0.2) is 36.0 Å². The highest BCUT2D eigenvalue weighted by atomic mass is 32.1. The monoisotopic (exact) mass is 453 g/mol. The molecule has 4 rings (SSSR count). The maximum Gasteiger partial charge on any atom is 0.490 e. The third-order valence-electron chi connectivity index (χ3n) is 5.12. The molecule has 1 aliphatic carbocycles. The second-order valence-corrected chi connectivity index (χ2v) is 8.16. The van der Waals surface area contributed by atoms with Gasteiger partial charge in [-0.15, -0.1) is 11.3 Å². The Morgan fingerprint density at radius 2 is 2.16 bits per heavy atom. The predicted molar refractivity (Wildman–Crippen MR) is 105 cm³/mol. The maximum atomic E-state index is 12.8. The van der Waals surface area contributed by atoms with Crippen molar-refractivity contribution < 1.29 is 27.5 Å². The predicted octanol–water partition coefficient (Wildman–Crippen LogP) is 2.89. The zero-order valence-electron chi connectivity index (χ0n) is 16.1. The van der Waals surface area contributed by atoms with E-state index in [2.05, 4.69) is 20.1 Å². The number of halogens is 3. The van der Waals surface area contributed by atoms with Crippen molar-refractivity contribution in [1.82, 2.24) is 19.9 Å². The van der Waals surface area contributed by atoms with E-state index in [1.807, 2.05) is 0 Å². The maximum absolute atomic E-state index is 12.8. The zero-order valence-corrected chi connectivity index (χ0v) is 16.9. The Labute approximate surface area is 178 Å². The molecule has 2 unspecified atom stereocenters. The Bertz CT molecular complexity index is 1130. The van der Waals surface area contributed by atoms with Gasteiger partial charge in [-0.1, -0.05) is 6.42 Å². The molecule has 0 saturated heterocycles. The molecule has 0 radical (unpaired) electrons. The summed E-state index contributed by atoms with van der Waals surface area (Å²) in [5.74, 6) is -2.88. The van der Waals surface area contributed by atoms with Crippen molar-refractivity contribution in [1.29, 1.82) is 0 Å². The highest BCUT2D eigenvalue weighted by Crippen LogP contribution is 2.31. The van der Waals surface area contributed by atoms with Gasteiger partial charge in [0.1, 0.15) is 0 Å². The smallest absolute Gasteiger partial charge is 0.435 e. The quantitative estimate of drug-likeness (QED) is 0.464. The summed E-state index contributed by atoms with van der Waals surface area (Å²) in [4.78, 5) is 28.7. The molecule has 1 amide bonds. The molecule has 31 heavy (non-hydrogen) atoms. The number of fused-ring (bicyclic) bond motifs is 1. The minimum atomic E-state index is -5.16. The number of nitrogens with zero attached hydrogens (tertiary/aromatic N) is 3. The standard InChI is InChI=1S/C19H18F3N5O3S/c20-19(21,22)17(29)30-18(23)6-2-1-4-14(18)26-16(28)13-8-11(10-31-13)12-9-24-15-5-3-7-25-27(12)15/h3,5,7-10,14H,1-2,4,6,23H2,(H,26,28). The third-order valence-corrected chi connectivity index (χ3v) is 6.05. The van der Waals surface area contributed by atoms with Crippen LogP contribution in [0.25, 0.3) is 16.9 Å². The lowest BCUT2D eigenvalue weighted by Gasteiger charge is -2.40. The topological polar surface area (TPSA) is 112 Å². The van der Waals surface area contributed by atoms with Crippen molar-refractivity contribution in [2.75, 3.05) is 0 Å². The van der Waals surface area contributed by atoms with Crippen LogP contribution in [0.2, 0.25) is 0 Å². The van der Waals surface area contributed by atoms with Crippen LogP contribution in [0.3, 0.4) is 0 Å². The lowest BCUT2D eigenvalue weighted by Crippen LogP contribution is -2.63. The SMILES string of the molecule is NC1(OC(=O)C(F)(F)F)CCCCC1NC(=O)c1cc(-c2cnc3cccnn23)cs1. The Morgan fingerprint density at radius 1 is 1.35 bits per heavy atom. The summed E-state index contributed by atoms with van der Waals surface area (Å²) in [6.45, 7) is 0. The van der Waals surface area contributed by atoms with Crippen LogP contribution in [0.5, 0.6) is 0 Å². The van der Waals surface area contributed by atoms with Crippen molar-refractivity contribution in [3.63, 3.8) is 0 Å². The summed E-state index contributed by atoms with van der Waals surface area (Å²) >= 11 is 1.16. The van der Waals surface area contributed by atoms with E-state index in [4.69, 9.17) is 5.73 Å². The number of rotatable bonds is 4. The summed E-state index contributed by atoms with van der Waals surface area (Å²) < 4.78 is 44.2. The van der Waals surface area contributed by atoms with Gasteiger partial charge in [-0.05, 0) is 31.0 Å². The molecule has 8 nitrogen and oxygen atoms in total. The highest BCUT2D eigenvalue weighted by Gasteiger charge is 2.49. The molecule has 3 aromatic heterocycles. The average molecular weight is 453 g/mol. The molecule has 1 fully saturated rings. The molecular formula is C19H18F3N5O3S. The number of esters is 1. The molecule has 12 heteroatoms. The van der Waals surface area contributed by atoms with Gasteiger partial charge in [0.25, 0.3) is 5.91 Å². The first-order valence-corrected chi connectivity index (χ1v) is 10.3. The molecule has 0 bridgehead atoms. The first-order chi connectivity index (χ1) is 14.7. The van der Waals surface area contributed by atoms with E-state index in [-0.39, 0.29) is 6.42 Å². The fraction of sp³-hybridized carbons (Fsp3) is 0.368. The van der Waals surface area contributed by atoms with Crippen LogP contribution in [-0.4, -0.2) is 44.4 Å². The minimum Gasteiger partial charge on any atom is -0.435 e. The molecule has 3 aromatic rings. The Balaban J connectivity index is 1.51. The van der Waals surface area contributed by atoms with E-state index < -0.39 is 29.8 Å². The molecule has 2 atom stereocenters. The van der Waals surface area contributed by atoms with E-state index in [0.29, 0.717) is 41.0 Å². The van der Waals surface area contributed by atoms with E-state index in [1.54, 1.807) is 40.5 Å². The number of hydrogen-bond acceptors (Lipinski definition) is 7. The van der Waals surface area contributed by atoms with Gasteiger partial charge in [0.2, 0.25) is 0 Å². The van der Waals surface area contributed by atoms with Gasteiger partial charge in [-0.25, -0.2) is 14.3 Å². The molecule has 0 aromatic carbocycles. The van der Waals surface area contributed by atoms with Crippen LogP contribution in [-0.2, 0) is 9.53 Å². The highest BCUT2D eigenvalue weighted by molar-refractivity contribution is 7.12. The van der Waals surface area contributed by atoms with Crippen LogP contribution in [0.1, 0.15) is 35.4 Å². The van der Waals surface area contributed by atoms with Crippen LogP contribution >= 0.6 is 11.3 Å². The largest absolute Gasteiger partial charge is 0.490 e. The summed E-state index contributed by atoms with van der Waals surface area (Å²) in [5, 5.41) is 8.63. The van der Waals surface area contributed by atoms with E-state index in [0.717, 1.165) is 11.3 Å². The summed E-state index contributed by atoms with van der Waals surface area (Å²) in [5.41, 5.74) is 6.13. The lowest BCUT2D eigenvalue weighted by atomic mass is 9.87. The van der Waals surface area contributed by atoms with Crippen LogP contribution in [0, 0.1) is 0 Å². The number of hydrogen-bond donors (Lipinski definition) is 2. The van der Waals surface area contributed by atoms with Crippen molar-refractivity contribution in [3.05, 3.63) is 40.8 Å². The van der Waals surface area contributed by atoms with Gasteiger partial charge in [0.05, 0.1) is 22.8 Å². The molecular weight excluding hydrogens is 435 g/mol. The second-order valence-electron chi connectivity index (χ2n) is 7.25. The van der Waals surface area contributed by atoms with Gasteiger partial charge in [-0.3, -0.25) is 10.5 Å². The number of aromatic nitrogens is 3. The van der Waals surface area contributed by atoms with E-state index in [9.17, 15) is 22.8 Å². The molecule has 3 heterocycles. The first kappa shape index (κ1) is 21.2. The number of nitrogens with two attached hydrogens (primary N) is 1. The second kappa shape index (κ2) is 7.93. The normalized spacial score (nSPS) is 21.7. The van der Waals surface area contributed by atoms with Crippen molar-refractivity contribution >= 4 is 28.9 Å². The summed E-state index contributed by atoms with van der Waals surface area (Å²) in [6.07, 6.45) is -0.483. The summed E-state index contributed by atoms with van der Waals surface area (Å²) in [6, 6.07) is 4.25. The molecule has 0 aliphatic heterocycles. The van der Waals surface area contributed by atoms with E-state index in [1.165, 1.54) is 0 Å². The number of alkyl halides is 3. The molecule has 1 saturated carbocycles. The average Bonchev–Trinajstić information content (AvgIpc) is 3.36. The third kappa shape index (κ3) is 4.26. The van der Waals surface area contributed by atoms with Gasteiger partial charge in [0, 0.05) is 23.6 Å². The molecule has 1 aliphatic rings. The number of carbonyl (C=O) groups is 2. The van der Waals surface area contributed by atoms with Gasteiger partial charge < -0.3 is 10.1 Å². The van der Waals surface area contributed by atoms with Crippen molar-refractivity contribution in [2.45, 2.75) is 43.6 Å². The number of nitrogens with one attached hydrogen (secondary N) is 1. The molecule has 3 N–H and O–H groups in total. The zero-order chi connectivity index (χ0) is 22.2. The van der Waals surface area contributed by atoms with Crippen molar-refractivity contribution in [3.8, 4) is 11.3 Å². The Kier molecular flexibility index (Phi) is 5.43. The fourth-order valence-electron chi connectivity index (χ4n) is 3.56. The van der Waals surface area contributed by atoms with Gasteiger partial charge in [0.15, 0.2) is 11.4 Å². The van der Waals surface area contributed by atoms with Crippen LogP contribution < -0.4 is 11.1 Å². The van der Waals surface area contributed by atoms with Gasteiger partial charge in [-0.2, -0.15) is 18.3 Å². The Hall–Kier alpha value is -2.99. The summed E-state index contributed by atoms with van der Waals surface area (Å²) in [7, 11) is 0. The van der Waals surface area contributed by atoms with Crippen LogP contribution in [0.4, 0.5) is 13.2 Å². The number of amides is 1. The van der Waals surface area contributed by atoms with E-state index >= 15 is 0 Å². The lowest BCUT2D eigenvalue weighted by molar-refractivity contribution is -0.218. The number of carbonyl (C=O) groups excluding carboxylic acids is 2. The molecule has 0 spiro atoms. The number of imidazole rings is 1. The fourth-order valence-corrected chi connectivity index (χ4v) is 4.36. The number of thiophene rings is 1. The number of ether oxygens (including phenoxy) is 1. The minimum absolute atomic E-state index is 0.0168. The first-order valence-electron chi connectivity index (χ1n) is 9.45.